The van der Waals surface area contributed by atoms with Crippen molar-refractivity contribution in [1.29, 1.82) is 0 Å². The number of esters is 2. The number of rotatable bonds is 9. The van der Waals surface area contributed by atoms with Crippen LogP contribution in [0.15, 0.2) is 47.1 Å². The van der Waals surface area contributed by atoms with E-state index in [1.807, 2.05) is 0 Å². The van der Waals surface area contributed by atoms with Gasteiger partial charge < -0.3 is 24.5 Å². The quantitative estimate of drug-likeness (QED) is 0.350. The van der Waals surface area contributed by atoms with Gasteiger partial charge in [-0.25, -0.2) is 0 Å². The molecule has 0 aliphatic rings. The van der Waals surface area contributed by atoms with Gasteiger partial charge in [-0.15, -0.1) is 0 Å². The fraction of sp³-hybridized carbons (Fsp3) is 0.211. The average Bonchev–Trinajstić information content (AvgIpc) is 3.23. The second-order valence-electron chi connectivity index (χ2n) is 5.64. The predicted molar refractivity (Wildman–Crippen MR) is 97.1 cm³/mol. The molecular weight excluding hydrogens is 384 g/mol. The fourth-order valence-corrected chi connectivity index (χ4v) is 2.04. The van der Waals surface area contributed by atoms with Gasteiger partial charge in [0.15, 0.2) is 18.2 Å². The molecule has 2 rings (SSSR count). The molecule has 2 amide bonds. The van der Waals surface area contributed by atoms with Gasteiger partial charge in [-0.05, 0) is 36.4 Å². The molecule has 10 heteroatoms. The molecule has 0 saturated carbocycles. The summed E-state index contributed by atoms with van der Waals surface area (Å²) in [5.74, 6) is -2.62. The lowest BCUT2D eigenvalue weighted by molar-refractivity contribution is -0.142. The fourth-order valence-electron chi connectivity index (χ4n) is 2.04. The summed E-state index contributed by atoms with van der Waals surface area (Å²) in [6.45, 7) is -0.0876. The predicted octanol–water partition coefficient (Wildman–Crippen LogP) is 0.477. The van der Waals surface area contributed by atoms with E-state index >= 15 is 0 Å². The summed E-state index contributed by atoms with van der Waals surface area (Å²) in [7, 11) is 0. The van der Waals surface area contributed by atoms with Crippen molar-refractivity contribution < 1.29 is 37.9 Å². The highest BCUT2D eigenvalue weighted by atomic mass is 16.5. The van der Waals surface area contributed by atoms with Crippen molar-refractivity contribution in [3.05, 3.63) is 54.0 Å². The highest BCUT2D eigenvalue weighted by Gasteiger charge is 2.13. The highest BCUT2D eigenvalue weighted by molar-refractivity contribution is 5.98. The lowest BCUT2D eigenvalue weighted by Crippen LogP contribution is -2.39. The zero-order valence-electron chi connectivity index (χ0n) is 15.4. The van der Waals surface area contributed by atoms with Crippen LogP contribution < -0.4 is 15.4 Å². The van der Waals surface area contributed by atoms with Gasteiger partial charge in [0.1, 0.15) is 12.3 Å². The molecule has 0 aliphatic carbocycles. The molecule has 0 aliphatic heterocycles. The number of hydrogen-bond donors (Lipinski definition) is 2. The minimum atomic E-state index is -0.819. The molecule has 152 valence electrons. The molecule has 0 fully saturated rings. The summed E-state index contributed by atoms with van der Waals surface area (Å²) in [5, 5.41) is 4.57. The van der Waals surface area contributed by atoms with Gasteiger partial charge in [-0.1, -0.05) is 0 Å². The van der Waals surface area contributed by atoms with Crippen LogP contribution in [0.1, 0.15) is 27.8 Å². The van der Waals surface area contributed by atoms with E-state index < -0.39 is 42.7 Å². The van der Waals surface area contributed by atoms with E-state index in [-0.39, 0.29) is 23.6 Å². The van der Waals surface area contributed by atoms with Crippen LogP contribution in [0, 0.1) is 0 Å². The van der Waals surface area contributed by atoms with Gasteiger partial charge >= 0.3 is 11.9 Å². The smallest absolute Gasteiger partial charge is 0.325 e. The van der Waals surface area contributed by atoms with Crippen molar-refractivity contribution in [2.45, 2.75) is 6.92 Å². The van der Waals surface area contributed by atoms with Crippen molar-refractivity contribution in [2.75, 3.05) is 19.7 Å². The van der Waals surface area contributed by atoms with E-state index in [1.165, 1.54) is 49.6 Å². The highest BCUT2D eigenvalue weighted by Crippen LogP contribution is 2.13. The SMILES string of the molecule is CC(=O)Oc1ccc(C(=O)COC(=O)CNC(=O)CNC(=O)c2ccco2)cc1. The third-order valence-corrected chi connectivity index (χ3v) is 3.39. The number of furan rings is 1. The van der Waals surface area contributed by atoms with Gasteiger partial charge in [0.05, 0.1) is 12.8 Å². The molecular formula is C19H18N2O8. The molecule has 0 bridgehead atoms. The molecule has 0 atom stereocenters. The number of ketones is 1. The summed E-state index contributed by atoms with van der Waals surface area (Å²) in [6, 6.07) is 8.70. The van der Waals surface area contributed by atoms with Crippen molar-refractivity contribution in [3.63, 3.8) is 0 Å². The maximum Gasteiger partial charge on any atom is 0.325 e. The summed E-state index contributed by atoms with van der Waals surface area (Å²) in [5.41, 5.74) is 0.262. The molecule has 0 saturated heterocycles. The minimum absolute atomic E-state index is 0.0524. The Kier molecular flexibility index (Phi) is 7.66. The number of amides is 2. The Morgan fingerprint density at radius 2 is 1.69 bits per heavy atom. The lowest BCUT2D eigenvalue weighted by Gasteiger charge is -2.07. The van der Waals surface area contributed by atoms with E-state index in [4.69, 9.17) is 13.9 Å². The van der Waals surface area contributed by atoms with Crippen molar-refractivity contribution in [1.82, 2.24) is 10.6 Å². The maximum absolute atomic E-state index is 12.0. The molecule has 1 aromatic carbocycles. The molecule has 1 heterocycles. The monoisotopic (exact) mass is 402 g/mol. The Morgan fingerprint density at radius 3 is 2.31 bits per heavy atom. The first-order valence-electron chi connectivity index (χ1n) is 8.41. The van der Waals surface area contributed by atoms with E-state index in [9.17, 15) is 24.0 Å². The number of hydrogen-bond acceptors (Lipinski definition) is 8. The number of carbonyl (C=O) groups excluding carboxylic acids is 5. The van der Waals surface area contributed by atoms with Crippen molar-refractivity contribution >= 4 is 29.5 Å². The first kappa shape index (κ1) is 21.4. The molecule has 0 unspecified atom stereocenters. The first-order chi connectivity index (χ1) is 13.8. The van der Waals surface area contributed by atoms with Crippen LogP contribution in [0.25, 0.3) is 0 Å². The number of benzene rings is 1. The maximum atomic E-state index is 12.0. The summed E-state index contributed by atoms with van der Waals surface area (Å²) in [4.78, 5) is 57.7. The molecule has 2 N–H and O–H groups in total. The molecule has 10 nitrogen and oxygen atoms in total. The van der Waals surface area contributed by atoms with E-state index in [2.05, 4.69) is 10.6 Å². The Hall–Kier alpha value is -3.95. The zero-order valence-corrected chi connectivity index (χ0v) is 15.4. The van der Waals surface area contributed by atoms with Gasteiger partial charge in [0.25, 0.3) is 5.91 Å². The molecule has 0 spiro atoms. The standard InChI is InChI=1S/C19H18N2O8/c1-12(22)29-14-6-4-13(5-7-14)15(23)11-28-18(25)10-20-17(24)9-21-19(26)16-3-2-8-27-16/h2-8H,9-11H2,1H3,(H,20,24)(H,21,26). The molecule has 29 heavy (non-hydrogen) atoms. The van der Waals surface area contributed by atoms with Crippen LogP contribution in [0.5, 0.6) is 5.75 Å². The average molecular weight is 402 g/mol. The van der Waals surface area contributed by atoms with Crippen LogP contribution in [0.2, 0.25) is 0 Å². The largest absolute Gasteiger partial charge is 0.459 e. The van der Waals surface area contributed by atoms with Crippen LogP contribution in [-0.4, -0.2) is 49.2 Å². The Bertz CT molecular complexity index is 887. The number of Topliss-reactive ketones (excluding diaryl/α,β-unsaturated/α-hetero) is 1. The second kappa shape index (κ2) is 10.4. The Balaban J connectivity index is 1.67. The second-order valence-corrected chi connectivity index (χ2v) is 5.64. The van der Waals surface area contributed by atoms with Gasteiger partial charge in [-0.2, -0.15) is 0 Å². The van der Waals surface area contributed by atoms with Crippen LogP contribution in [0.3, 0.4) is 0 Å². The van der Waals surface area contributed by atoms with E-state index in [0.29, 0.717) is 0 Å². The zero-order chi connectivity index (χ0) is 21.2. The normalized spacial score (nSPS) is 9.97. The molecule has 1 aromatic heterocycles. The van der Waals surface area contributed by atoms with E-state index in [0.717, 1.165) is 0 Å². The number of ether oxygens (including phenoxy) is 2. The summed E-state index contributed by atoms with van der Waals surface area (Å²) >= 11 is 0. The van der Waals surface area contributed by atoms with Gasteiger partial charge in [-0.3, -0.25) is 24.0 Å². The lowest BCUT2D eigenvalue weighted by atomic mass is 10.1. The van der Waals surface area contributed by atoms with Crippen LogP contribution in [0.4, 0.5) is 0 Å². The van der Waals surface area contributed by atoms with Crippen LogP contribution in [-0.2, 0) is 19.1 Å². The minimum Gasteiger partial charge on any atom is -0.459 e. The topological polar surface area (TPSA) is 141 Å². The Labute approximate surface area is 165 Å². The number of nitrogens with one attached hydrogen (secondary N) is 2. The van der Waals surface area contributed by atoms with Crippen molar-refractivity contribution in [3.8, 4) is 5.75 Å². The van der Waals surface area contributed by atoms with Crippen molar-refractivity contribution in [2.24, 2.45) is 0 Å². The number of carbonyl (C=O) groups is 5. The molecule has 0 radical (unpaired) electrons. The third-order valence-electron chi connectivity index (χ3n) is 3.39. The molecule has 2 aromatic rings. The Morgan fingerprint density at radius 1 is 0.966 bits per heavy atom. The van der Waals surface area contributed by atoms with Crippen LogP contribution >= 0.6 is 0 Å². The first-order valence-corrected chi connectivity index (χ1v) is 8.41. The summed E-state index contributed by atoms with van der Waals surface area (Å²) < 4.78 is 14.5. The van der Waals surface area contributed by atoms with Gasteiger partial charge in [0, 0.05) is 12.5 Å². The van der Waals surface area contributed by atoms with E-state index in [1.54, 1.807) is 0 Å². The third kappa shape index (κ3) is 7.29. The van der Waals surface area contributed by atoms with Gasteiger partial charge in [0.2, 0.25) is 5.91 Å². The summed E-state index contributed by atoms with van der Waals surface area (Å²) in [6.07, 6.45) is 1.32.